The number of carboxylic acid groups (broad SMARTS) is 1. The standard InChI is InChI=1S/C17H18O4S/c1-2-13(10-14-8-9-15(22-14)16(18)19)17(20)21-11-12-6-4-3-5-7-12/h3-9,13H,2,10-11H2,1H3,(H,18,19). The third kappa shape index (κ3) is 4.43. The molecule has 4 nitrogen and oxygen atoms in total. The van der Waals surface area contributed by atoms with Crippen molar-refractivity contribution in [3.63, 3.8) is 0 Å². The second-order valence-electron chi connectivity index (χ2n) is 4.97. The van der Waals surface area contributed by atoms with Gasteiger partial charge in [0.25, 0.3) is 0 Å². The topological polar surface area (TPSA) is 63.6 Å². The molecule has 1 N–H and O–H groups in total. The van der Waals surface area contributed by atoms with Crippen LogP contribution in [0, 0.1) is 5.92 Å². The summed E-state index contributed by atoms with van der Waals surface area (Å²) in [6, 6.07) is 12.9. The van der Waals surface area contributed by atoms with Crippen LogP contribution in [0.2, 0.25) is 0 Å². The van der Waals surface area contributed by atoms with Crippen molar-refractivity contribution in [1.29, 1.82) is 0 Å². The van der Waals surface area contributed by atoms with E-state index in [1.54, 1.807) is 12.1 Å². The summed E-state index contributed by atoms with van der Waals surface area (Å²) in [5, 5.41) is 8.93. The highest BCUT2D eigenvalue weighted by Gasteiger charge is 2.20. The van der Waals surface area contributed by atoms with Crippen LogP contribution in [-0.2, 0) is 22.6 Å². The summed E-state index contributed by atoms with van der Waals surface area (Å²) in [5.41, 5.74) is 0.954. The van der Waals surface area contributed by atoms with Crippen molar-refractivity contribution in [3.8, 4) is 0 Å². The van der Waals surface area contributed by atoms with Crippen LogP contribution in [0.3, 0.4) is 0 Å². The van der Waals surface area contributed by atoms with Crippen molar-refractivity contribution < 1.29 is 19.4 Å². The number of carbonyl (C=O) groups is 2. The first kappa shape index (κ1) is 16.2. The van der Waals surface area contributed by atoms with E-state index >= 15 is 0 Å². The van der Waals surface area contributed by atoms with Gasteiger partial charge in [0.1, 0.15) is 11.5 Å². The minimum Gasteiger partial charge on any atom is -0.477 e. The molecule has 1 atom stereocenters. The highest BCUT2D eigenvalue weighted by molar-refractivity contribution is 7.13. The van der Waals surface area contributed by atoms with Crippen LogP contribution in [0.1, 0.15) is 33.5 Å². The van der Waals surface area contributed by atoms with Crippen molar-refractivity contribution in [1.82, 2.24) is 0 Å². The molecule has 0 saturated carbocycles. The Bertz CT molecular complexity index is 633. The Hall–Kier alpha value is -2.14. The Morgan fingerprint density at radius 2 is 1.91 bits per heavy atom. The molecule has 0 spiro atoms. The number of hydrogen-bond acceptors (Lipinski definition) is 4. The third-order valence-electron chi connectivity index (χ3n) is 3.37. The third-order valence-corrected chi connectivity index (χ3v) is 4.47. The van der Waals surface area contributed by atoms with Gasteiger partial charge in [0.05, 0.1) is 5.92 Å². The average molecular weight is 318 g/mol. The van der Waals surface area contributed by atoms with Crippen LogP contribution in [0.5, 0.6) is 0 Å². The summed E-state index contributed by atoms with van der Waals surface area (Å²) in [4.78, 5) is 24.2. The summed E-state index contributed by atoms with van der Waals surface area (Å²) in [5.74, 6) is -1.42. The van der Waals surface area contributed by atoms with Crippen molar-refractivity contribution in [2.24, 2.45) is 5.92 Å². The molecule has 2 rings (SSSR count). The lowest BCUT2D eigenvalue weighted by Gasteiger charge is -2.13. The lowest BCUT2D eigenvalue weighted by Crippen LogP contribution is -2.19. The lowest BCUT2D eigenvalue weighted by molar-refractivity contribution is -0.150. The molecular formula is C17H18O4S. The van der Waals surface area contributed by atoms with Crippen LogP contribution in [0.15, 0.2) is 42.5 Å². The normalized spacial score (nSPS) is 11.9. The SMILES string of the molecule is CCC(Cc1ccc(C(=O)O)s1)C(=O)OCc1ccccc1. The maximum atomic E-state index is 12.2. The molecule has 1 heterocycles. The monoisotopic (exact) mass is 318 g/mol. The zero-order valence-electron chi connectivity index (χ0n) is 12.3. The quantitative estimate of drug-likeness (QED) is 0.790. The lowest BCUT2D eigenvalue weighted by atomic mass is 10.0. The zero-order valence-corrected chi connectivity index (χ0v) is 13.1. The van der Waals surface area contributed by atoms with E-state index in [9.17, 15) is 9.59 Å². The molecule has 0 aliphatic rings. The highest BCUT2D eigenvalue weighted by Crippen LogP contribution is 2.22. The Morgan fingerprint density at radius 1 is 1.18 bits per heavy atom. The van der Waals surface area contributed by atoms with E-state index < -0.39 is 5.97 Å². The second kappa shape index (κ2) is 7.75. The molecule has 0 amide bonds. The molecule has 0 saturated heterocycles. The largest absolute Gasteiger partial charge is 0.477 e. The number of rotatable bonds is 7. The number of benzene rings is 1. The van der Waals surface area contributed by atoms with E-state index in [0.29, 0.717) is 17.7 Å². The molecule has 0 aliphatic carbocycles. The van der Waals surface area contributed by atoms with Gasteiger partial charge in [0.2, 0.25) is 0 Å². The van der Waals surface area contributed by atoms with E-state index in [2.05, 4.69) is 0 Å². The van der Waals surface area contributed by atoms with Crippen LogP contribution in [0.25, 0.3) is 0 Å². The minimum atomic E-state index is -0.934. The molecule has 22 heavy (non-hydrogen) atoms. The van der Waals surface area contributed by atoms with Gasteiger partial charge in [-0.25, -0.2) is 4.79 Å². The Kier molecular flexibility index (Phi) is 5.72. The molecule has 2 aromatic rings. The summed E-state index contributed by atoms with van der Waals surface area (Å²) in [6.07, 6.45) is 1.18. The molecule has 0 bridgehead atoms. The maximum absolute atomic E-state index is 12.2. The Labute approximate surface area is 133 Å². The summed E-state index contributed by atoms with van der Waals surface area (Å²) >= 11 is 1.21. The number of carboxylic acids is 1. The number of ether oxygens (including phenoxy) is 1. The average Bonchev–Trinajstić information content (AvgIpc) is 3.00. The van der Waals surface area contributed by atoms with Gasteiger partial charge in [-0.2, -0.15) is 0 Å². The number of esters is 1. The first-order chi connectivity index (χ1) is 10.6. The van der Waals surface area contributed by atoms with Crippen LogP contribution in [-0.4, -0.2) is 17.0 Å². The van der Waals surface area contributed by atoms with Crippen molar-refractivity contribution in [2.45, 2.75) is 26.4 Å². The predicted octanol–water partition coefficient (Wildman–Crippen LogP) is 3.76. The van der Waals surface area contributed by atoms with Crippen LogP contribution >= 0.6 is 11.3 Å². The van der Waals surface area contributed by atoms with Crippen molar-refractivity contribution in [2.75, 3.05) is 0 Å². The zero-order chi connectivity index (χ0) is 15.9. The second-order valence-corrected chi connectivity index (χ2v) is 6.14. The molecule has 1 aromatic heterocycles. The van der Waals surface area contributed by atoms with Crippen molar-refractivity contribution in [3.05, 3.63) is 57.8 Å². The van der Waals surface area contributed by atoms with Gasteiger partial charge in [0.15, 0.2) is 0 Å². The summed E-state index contributed by atoms with van der Waals surface area (Å²) < 4.78 is 5.36. The van der Waals surface area contributed by atoms with Crippen molar-refractivity contribution >= 4 is 23.3 Å². The molecule has 1 aromatic carbocycles. The van der Waals surface area contributed by atoms with Gasteiger partial charge in [-0.3, -0.25) is 4.79 Å². The van der Waals surface area contributed by atoms with Crippen LogP contribution in [0.4, 0.5) is 0 Å². The number of thiophene rings is 1. The first-order valence-electron chi connectivity index (χ1n) is 7.12. The molecule has 0 fully saturated rings. The Morgan fingerprint density at radius 3 is 2.50 bits per heavy atom. The van der Waals surface area contributed by atoms with Gasteiger partial charge in [-0.1, -0.05) is 37.3 Å². The fourth-order valence-corrected chi connectivity index (χ4v) is 3.01. The van der Waals surface area contributed by atoms with Gasteiger partial charge >= 0.3 is 11.9 Å². The number of carbonyl (C=O) groups excluding carboxylic acids is 1. The minimum absolute atomic E-state index is 0.239. The van der Waals surface area contributed by atoms with Gasteiger partial charge < -0.3 is 9.84 Å². The predicted molar refractivity (Wildman–Crippen MR) is 85.0 cm³/mol. The Balaban J connectivity index is 1.92. The van der Waals surface area contributed by atoms with Crippen LogP contribution < -0.4 is 0 Å². The van der Waals surface area contributed by atoms with E-state index in [4.69, 9.17) is 9.84 Å². The number of aromatic carboxylic acids is 1. The summed E-state index contributed by atoms with van der Waals surface area (Å²) in [6.45, 7) is 2.20. The molecule has 0 aliphatic heterocycles. The molecule has 5 heteroatoms. The fraction of sp³-hybridized carbons (Fsp3) is 0.294. The molecule has 0 radical (unpaired) electrons. The van der Waals surface area contributed by atoms with E-state index in [1.165, 1.54) is 11.3 Å². The van der Waals surface area contributed by atoms with E-state index in [0.717, 1.165) is 10.4 Å². The molecular weight excluding hydrogens is 300 g/mol. The van der Waals surface area contributed by atoms with E-state index in [1.807, 2.05) is 37.3 Å². The fourth-order valence-electron chi connectivity index (χ4n) is 2.09. The first-order valence-corrected chi connectivity index (χ1v) is 7.94. The van der Waals surface area contributed by atoms with Gasteiger partial charge in [-0.15, -0.1) is 11.3 Å². The number of hydrogen-bond donors (Lipinski definition) is 1. The van der Waals surface area contributed by atoms with E-state index in [-0.39, 0.29) is 18.5 Å². The maximum Gasteiger partial charge on any atom is 0.345 e. The summed E-state index contributed by atoms with van der Waals surface area (Å²) in [7, 11) is 0. The van der Waals surface area contributed by atoms with Gasteiger partial charge in [-0.05, 0) is 30.5 Å². The molecule has 1 unspecified atom stereocenters. The highest BCUT2D eigenvalue weighted by atomic mass is 32.1. The smallest absolute Gasteiger partial charge is 0.345 e. The molecule has 116 valence electrons. The van der Waals surface area contributed by atoms with Gasteiger partial charge in [0, 0.05) is 4.88 Å².